The molecular weight excluding hydrogens is 423 g/mol. The third-order valence-electron chi connectivity index (χ3n) is 4.73. The van der Waals surface area contributed by atoms with Crippen LogP contribution in [0.3, 0.4) is 0 Å². The van der Waals surface area contributed by atoms with Crippen LogP contribution in [0.5, 0.6) is 0 Å². The van der Waals surface area contributed by atoms with Crippen LogP contribution in [0.2, 0.25) is 5.02 Å². The summed E-state index contributed by atoms with van der Waals surface area (Å²) in [6, 6.07) is 16.9. The van der Waals surface area contributed by atoms with Gasteiger partial charge in [0.05, 0.1) is 5.69 Å². The quantitative estimate of drug-likeness (QED) is 0.393. The van der Waals surface area contributed by atoms with Crippen molar-refractivity contribution in [3.8, 4) is 11.3 Å². The number of nitrogens with zero attached hydrogens (tertiary/aromatic N) is 3. The van der Waals surface area contributed by atoms with Gasteiger partial charge in [-0.2, -0.15) is 9.61 Å². The molecule has 0 spiro atoms. The second kappa shape index (κ2) is 9.32. The Hall–Kier alpha value is -3.52. The van der Waals surface area contributed by atoms with E-state index in [0.717, 1.165) is 16.9 Å². The lowest BCUT2D eigenvalue weighted by Gasteiger charge is -2.13. The van der Waals surface area contributed by atoms with Crippen LogP contribution in [-0.4, -0.2) is 34.5 Å². The highest BCUT2D eigenvalue weighted by atomic mass is 35.5. The van der Waals surface area contributed by atoms with Crippen molar-refractivity contribution in [3.05, 3.63) is 71.4 Å². The van der Waals surface area contributed by atoms with Gasteiger partial charge in [0.2, 0.25) is 0 Å². The maximum absolute atomic E-state index is 12.0. The van der Waals surface area contributed by atoms with Crippen molar-refractivity contribution in [3.63, 3.8) is 0 Å². The van der Waals surface area contributed by atoms with Crippen LogP contribution in [0.4, 0.5) is 16.3 Å². The second-order valence-electron chi connectivity index (χ2n) is 7.65. The molecule has 4 aromatic rings. The minimum Gasteiger partial charge on any atom is -0.366 e. The summed E-state index contributed by atoms with van der Waals surface area (Å²) in [7, 11) is 6.09. The fourth-order valence-corrected chi connectivity index (χ4v) is 3.53. The van der Waals surface area contributed by atoms with Crippen molar-refractivity contribution in [1.82, 2.24) is 19.9 Å². The Balaban J connectivity index is 1.59. The molecule has 2 radical (unpaired) electrons. The van der Waals surface area contributed by atoms with Gasteiger partial charge in [0, 0.05) is 41.1 Å². The maximum atomic E-state index is 12.0. The molecule has 0 unspecified atom stereocenters. The number of amides is 2. The number of hydrogen-bond acceptors (Lipinski definition) is 4. The summed E-state index contributed by atoms with van der Waals surface area (Å²) < 4.78 is 1.66. The first-order valence-corrected chi connectivity index (χ1v) is 10.6. The summed E-state index contributed by atoms with van der Waals surface area (Å²) in [6.07, 6.45) is 1.57. The Morgan fingerprint density at radius 3 is 2.75 bits per heavy atom. The van der Waals surface area contributed by atoms with Gasteiger partial charge < -0.3 is 16.0 Å². The Morgan fingerprint density at radius 2 is 1.97 bits per heavy atom. The van der Waals surface area contributed by atoms with Crippen molar-refractivity contribution >= 4 is 48.1 Å². The van der Waals surface area contributed by atoms with Crippen LogP contribution < -0.4 is 21.4 Å². The normalized spacial score (nSPS) is 11.0. The van der Waals surface area contributed by atoms with E-state index in [2.05, 4.69) is 26.0 Å². The molecule has 0 bridgehead atoms. The molecule has 0 atom stereocenters. The van der Waals surface area contributed by atoms with E-state index < -0.39 is 0 Å². The van der Waals surface area contributed by atoms with Gasteiger partial charge >= 0.3 is 6.03 Å². The first kappa shape index (κ1) is 21.7. The number of hydrogen-bond donors (Lipinski definition) is 3. The number of carbonyl (C=O) groups excluding carboxylic acids is 1. The molecule has 2 amide bonds. The molecule has 7 nitrogen and oxygen atoms in total. The van der Waals surface area contributed by atoms with E-state index in [0.29, 0.717) is 34.1 Å². The topological polar surface area (TPSA) is 83.3 Å². The van der Waals surface area contributed by atoms with Crippen LogP contribution in [0.25, 0.3) is 16.9 Å². The number of aromatic nitrogens is 3. The molecule has 0 aliphatic rings. The number of carbonyl (C=O) groups is 1. The fourth-order valence-electron chi connectivity index (χ4n) is 3.29. The van der Waals surface area contributed by atoms with Gasteiger partial charge in [0.1, 0.15) is 13.7 Å². The maximum Gasteiger partial charge on any atom is 0.319 e. The molecule has 2 heterocycles. The van der Waals surface area contributed by atoms with Crippen molar-refractivity contribution in [2.45, 2.75) is 26.4 Å². The zero-order chi connectivity index (χ0) is 22.7. The summed E-state index contributed by atoms with van der Waals surface area (Å²) >= 11 is 6.39. The average molecular weight is 445 g/mol. The minimum absolute atomic E-state index is 0.0581. The molecule has 2 aromatic carbocycles. The molecular formula is C23H22BClN6O. The SMILES string of the molecule is [B]c1cnn2c(NCc3cccc(NC(=O)NC(C)C)c3)cc(-c3ccccc3Cl)nc12. The van der Waals surface area contributed by atoms with Crippen molar-refractivity contribution in [2.75, 3.05) is 10.6 Å². The van der Waals surface area contributed by atoms with E-state index in [9.17, 15) is 4.79 Å². The van der Waals surface area contributed by atoms with E-state index in [4.69, 9.17) is 19.4 Å². The monoisotopic (exact) mass is 444 g/mol. The zero-order valence-corrected chi connectivity index (χ0v) is 18.5. The van der Waals surface area contributed by atoms with Gasteiger partial charge in [-0.05, 0) is 43.1 Å². The van der Waals surface area contributed by atoms with E-state index in [1.54, 1.807) is 10.7 Å². The summed E-state index contributed by atoms with van der Waals surface area (Å²) in [6.45, 7) is 4.32. The molecule has 3 N–H and O–H groups in total. The van der Waals surface area contributed by atoms with Gasteiger partial charge in [-0.1, -0.05) is 41.9 Å². The van der Waals surface area contributed by atoms with Crippen LogP contribution in [0.15, 0.2) is 60.8 Å². The number of rotatable bonds is 6. The molecule has 4 rings (SSSR count). The van der Waals surface area contributed by atoms with Gasteiger partial charge in [-0.15, -0.1) is 0 Å². The molecule has 0 aliphatic heterocycles. The summed E-state index contributed by atoms with van der Waals surface area (Å²) in [4.78, 5) is 16.6. The number of urea groups is 1. The van der Waals surface area contributed by atoms with Crippen LogP contribution in [0.1, 0.15) is 19.4 Å². The largest absolute Gasteiger partial charge is 0.366 e. The Morgan fingerprint density at radius 1 is 1.16 bits per heavy atom. The van der Waals surface area contributed by atoms with E-state index in [1.165, 1.54) is 0 Å². The van der Waals surface area contributed by atoms with Crippen molar-refractivity contribution in [1.29, 1.82) is 0 Å². The Kier molecular flexibility index (Phi) is 6.32. The van der Waals surface area contributed by atoms with Crippen molar-refractivity contribution < 1.29 is 4.79 Å². The predicted molar refractivity (Wildman–Crippen MR) is 130 cm³/mol. The molecule has 0 aliphatic carbocycles. The first-order valence-electron chi connectivity index (χ1n) is 10.2. The number of anilines is 2. The number of benzene rings is 2. The van der Waals surface area contributed by atoms with Gasteiger partial charge in [-0.3, -0.25) is 0 Å². The smallest absolute Gasteiger partial charge is 0.319 e. The Bertz CT molecular complexity index is 1270. The standard InChI is InChI=1S/C23H22BClN6O/c1-14(2)28-23(32)29-16-7-5-6-15(10-16)12-26-21-11-20(17-8-3-4-9-19(17)25)30-22-18(24)13-27-31(21)22/h3-11,13-14,26H,12H2,1-2H3,(H2,28,29,32). The number of halogens is 1. The highest BCUT2D eigenvalue weighted by Gasteiger charge is 2.12. The molecule has 160 valence electrons. The highest BCUT2D eigenvalue weighted by Crippen LogP contribution is 2.28. The lowest BCUT2D eigenvalue weighted by Crippen LogP contribution is -2.34. The van der Waals surface area contributed by atoms with Crippen LogP contribution in [0, 0.1) is 0 Å². The molecule has 32 heavy (non-hydrogen) atoms. The third-order valence-corrected chi connectivity index (χ3v) is 5.06. The van der Waals surface area contributed by atoms with Gasteiger partial charge in [0.25, 0.3) is 0 Å². The van der Waals surface area contributed by atoms with E-state index in [1.807, 2.05) is 68.4 Å². The minimum atomic E-state index is -0.239. The highest BCUT2D eigenvalue weighted by molar-refractivity contribution is 6.36. The van der Waals surface area contributed by atoms with E-state index >= 15 is 0 Å². The number of fused-ring (bicyclic) bond motifs is 1. The summed E-state index contributed by atoms with van der Waals surface area (Å²) in [5.41, 5.74) is 4.22. The Labute approximate surface area is 192 Å². The summed E-state index contributed by atoms with van der Waals surface area (Å²) in [5, 5.41) is 14.0. The molecule has 9 heteroatoms. The average Bonchev–Trinajstić information content (AvgIpc) is 3.13. The summed E-state index contributed by atoms with van der Waals surface area (Å²) in [5.74, 6) is 0.720. The zero-order valence-electron chi connectivity index (χ0n) is 17.8. The lowest BCUT2D eigenvalue weighted by atomic mass is 10.0. The van der Waals surface area contributed by atoms with Crippen LogP contribution >= 0.6 is 11.6 Å². The van der Waals surface area contributed by atoms with Crippen molar-refractivity contribution in [2.24, 2.45) is 0 Å². The van der Waals surface area contributed by atoms with Gasteiger partial charge in [0.15, 0.2) is 5.65 Å². The predicted octanol–water partition coefficient (Wildman–Crippen LogP) is 3.99. The second-order valence-corrected chi connectivity index (χ2v) is 8.06. The third kappa shape index (κ3) is 4.86. The van der Waals surface area contributed by atoms with E-state index in [-0.39, 0.29) is 12.1 Å². The fraction of sp³-hybridized carbons (Fsp3) is 0.174. The molecule has 0 saturated carbocycles. The first-order chi connectivity index (χ1) is 15.4. The number of nitrogens with one attached hydrogen (secondary N) is 3. The van der Waals surface area contributed by atoms with Gasteiger partial charge in [-0.25, -0.2) is 9.78 Å². The molecule has 2 aromatic heterocycles. The molecule has 0 fully saturated rings. The van der Waals surface area contributed by atoms with Crippen LogP contribution in [-0.2, 0) is 6.54 Å². The lowest BCUT2D eigenvalue weighted by molar-refractivity contribution is 0.250. The molecule has 0 saturated heterocycles.